The lowest BCUT2D eigenvalue weighted by molar-refractivity contribution is -0.143. The predicted molar refractivity (Wildman–Crippen MR) is 185 cm³/mol. The van der Waals surface area contributed by atoms with Gasteiger partial charge in [0.1, 0.15) is 5.82 Å². The summed E-state index contributed by atoms with van der Waals surface area (Å²) >= 11 is 0. The lowest BCUT2D eigenvalue weighted by Gasteiger charge is -2.30. The number of carbonyl (C=O) groups excluding carboxylic acids is 1. The third kappa shape index (κ3) is 9.92. The van der Waals surface area contributed by atoms with Crippen LogP contribution in [0.1, 0.15) is 79.1 Å². The van der Waals surface area contributed by atoms with Crippen molar-refractivity contribution in [2.24, 2.45) is 0 Å². The summed E-state index contributed by atoms with van der Waals surface area (Å²) in [5.74, 6) is 0.0407. The number of aromatic amines is 1. The van der Waals surface area contributed by atoms with Crippen molar-refractivity contribution in [3.05, 3.63) is 86.7 Å². The number of anilines is 1. The first-order valence-corrected chi connectivity index (χ1v) is 16.0. The van der Waals surface area contributed by atoms with Crippen LogP contribution in [0.25, 0.3) is 16.6 Å². The quantitative estimate of drug-likeness (QED) is 0.176. The van der Waals surface area contributed by atoms with Gasteiger partial charge in [-0.05, 0) is 83.2 Å². The van der Waals surface area contributed by atoms with Crippen molar-refractivity contribution in [3.8, 4) is 11.1 Å². The summed E-state index contributed by atoms with van der Waals surface area (Å²) in [7, 11) is 3.30. The van der Waals surface area contributed by atoms with E-state index in [1.807, 2.05) is 95.3 Å². The van der Waals surface area contributed by atoms with Gasteiger partial charge in [0.15, 0.2) is 0 Å². The van der Waals surface area contributed by atoms with Gasteiger partial charge in [0.25, 0.3) is 11.5 Å². The van der Waals surface area contributed by atoms with Gasteiger partial charge in [-0.1, -0.05) is 27.7 Å². The highest BCUT2D eigenvalue weighted by atomic mass is 19.4. The Labute approximate surface area is 276 Å². The summed E-state index contributed by atoms with van der Waals surface area (Å²) in [5.41, 5.74) is 11.9. The normalized spacial score (nSPS) is 12.0. The number of pyridine rings is 3. The Balaban J connectivity index is 0.00000185. The molecule has 9 nitrogen and oxygen atoms in total. The van der Waals surface area contributed by atoms with Crippen molar-refractivity contribution in [2.75, 3.05) is 39.5 Å². The molecule has 47 heavy (non-hydrogen) atoms. The largest absolute Gasteiger partial charge is 0.401 e. The standard InChI is InChI=1S/C31H38F3N7O2.2C2H6/c1-18-13-19(2)38-30(43)25(18)16-37-29(42)24-14-26-23(22-7-8-27(35)36-15-22)9-10-41(26)28(20(24)3)21(4)40(6)12-11-39(5)17-31(32,33)34;2*1-2/h7-10,13-15,21H,11-12,16-17H2,1-6H3,(H2,35,36)(H,37,42)(H,38,43);2*1-2H3. The number of hydrogen-bond donors (Lipinski definition) is 3. The van der Waals surface area contributed by atoms with E-state index in [0.717, 1.165) is 39.2 Å². The number of nitrogens with one attached hydrogen (secondary N) is 2. The van der Waals surface area contributed by atoms with E-state index in [1.165, 1.54) is 11.9 Å². The molecule has 0 aliphatic carbocycles. The van der Waals surface area contributed by atoms with Crippen molar-refractivity contribution in [2.45, 2.75) is 74.2 Å². The van der Waals surface area contributed by atoms with Crippen molar-refractivity contribution < 1.29 is 18.0 Å². The molecule has 0 saturated carbocycles. The molecule has 0 spiro atoms. The van der Waals surface area contributed by atoms with E-state index < -0.39 is 12.7 Å². The molecular formula is C35H50F3N7O2. The second-order valence-corrected chi connectivity index (χ2v) is 11.2. The first kappa shape index (κ1) is 39.0. The van der Waals surface area contributed by atoms with Gasteiger partial charge in [-0.3, -0.25) is 19.4 Å². The number of nitrogens with zero attached hydrogens (tertiary/aromatic N) is 4. The van der Waals surface area contributed by atoms with E-state index >= 15 is 0 Å². The number of carbonyl (C=O) groups is 1. The molecule has 0 saturated heterocycles. The van der Waals surface area contributed by atoms with Gasteiger partial charge >= 0.3 is 6.18 Å². The average Bonchev–Trinajstić information content (AvgIpc) is 3.43. The number of aromatic nitrogens is 3. The Morgan fingerprint density at radius 3 is 2.30 bits per heavy atom. The molecule has 4 aromatic heterocycles. The molecule has 258 valence electrons. The molecule has 4 heterocycles. The van der Waals surface area contributed by atoms with Gasteiger partial charge in [-0.2, -0.15) is 13.2 Å². The Hall–Kier alpha value is -4.16. The number of amides is 1. The fourth-order valence-electron chi connectivity index (χ4n) is 5.41. The highest BCUT2D eigenvalue weighted by molar-refractivity contribution is 5.98. The molecule has 4 rings (SSSR count). The molecule has 1 amide bonds. The van der Waals surface area contributed by atoms with Crippen LogP contribution in [0.5, 0.6) is 0 Å². The summed E-state index contributed by atoms with van der Waals surface area (Å²) in [5, 5.41) is 2.91. The van der Waals surface area contributed by atoms with Crippen LogP contribution in [-0.4, -0.2) is 70.0 Å². The van der Waals surface area contributed by atoms with Crippen LogP contribution in [0.15, 0.2) is 47.5 Å². The molecule has 4 aromatic rings. The second-order valence-electron chi connectivity index (χ2n) is 11.2. The number of fused-ring (bicyclic) bond motifs is 1. The lowest BCUT2D eigenvalue weighted by atomic mass is 9.99. The van der Waals surface area contributed by atoms with E-state index in [2.05, 4.69) is 15.3 Å². The van der Waals surface area contributed by atoms with Crippen molar-refractivity contribution in [1.82, 2.24) is 29.5 Å². The van der Waals surface area contributed by atoms with Crippen LogP contribution in [-0.2, 0) is 6.54 Å². The van der Waals surface area contributed by atoms with E-state index in [-0.39, 0.29) is 30.6 Å². The first-order chi connectivity index (χ1) is 22.2. The average molecular weight is 658 g/mol. The van der Waals surface area contributed by atoms with Crippen molar-refractivity contribution in [1.29, 1.82) is 0 Å². The molecule has 4 N–H and O–H groups in total. The Bertz CT molecular complexity index is 1680. The smallest absolute Gasteiger partial charge is 0.384 e. The Morgan fingerprint density at radius 1 is 1.06 bits per heavy atom. The molecule has 0 aliphatic heterocycles. The second kappa shape index (κ2) is 17.1. The van der Waals surface area contributed by atoms with Gasteiger partial charge in [0.05, 0.1) is 12.1 Å². The minimum absolute atomic E-state index is 0.0526. The van der Waals surface area contributed by atoms with Gasteiger partial charge in [-0.25, -0.2) is 4.98 Å². The molecule has 0 bridgehead atoms. The van der Waals surface area contributed by atoms with Gasteiger partial charge in [0.2, 0.25) is 0 Å². The van der Waals surface area contributed by atoms with Gasteiger partial charge in [0, 0.05) is 71.7 Å². The summed E-state index contributed by atoms with van der Waals surface area (Å²) < 4.78 is 40.6. The molecule has 1 atom stereocenters. The van der Waals surface area contributed by atoms with E-state index in [0.29, 0.717) is 23.5 Å². The monoisotopic (exact) mass is 657 g/mol. The highest BCUT2D eigenvalue weighted by Gasteiger charge is 2.29. The SMILES string of the molecule is CC.CC.Cc1cc(C)c(CNC(=O)c2cc3c(-c4ccc(N)nc4)ccn3c(C(C)N(C)CCN(C)CC(F)(F)F)c2C)c(=O)[nH]1. The maximum absolute atomic E-state index is 13.7. The first-order valence-electron chi connectivity index (χ1n) is 16.0. The summed E-state index contributed by atoms with van der Waals surface area (Å²) in [6.45, 7) is 15.1. The van der Waals surface area contributed by atoms with Crippen LogP contribution < -0.4 is 16.6 Å². The molecular weight excluding hydrogens is 607 g/mol. The zero-order valence-corrected chi connectivity index (χ0v) is 29.3. The number of alkyl halides is 3. The maximum atomic E-state index is 13.7. The third-order valence-corrected chi connectivity index (χ3v) is 7.86. The Morgan fingerprint density at radius 2 is 1.72 bits per heavy atom. The number of nitrogen functional groups attached to an aromatic ring is 1. The van der Waals surface area contributed by atoms with Crippen LogP contribution in [0.2, 0.25) is 0 Å². The fourth-order valence-corrected chi connectivity index (χ4v) is 5.41. The summed E-state index contributed by atoms with van der Waals surface area (Å²) in [4.78, 5) is 36.4. The van der Waals surface area contributed by atoms with E-state index in [9.17, 15) is 22.8 Å². The molecule has 1 unspecified atom stereocenters. The van der Waals surface area contributed by atoms with Gasteiger partial charge < -0.3 is 20.4 Å². The van der Waals surface area contributed by atoms with Crippen molar-refractivity contribution in [3.63, 3.8) is 0 Å². The zero-order chi connectivity index (χ0) is 35.6. The summed E-state index contributed by atoms with van der Waals surface area (Å²) in [6, 6.07) is 8.91. The van der Waals surface area contributed by atoms with Crippen LogP contribution in [0.3, 0.4) is 0 Å². The van der Waals surface area contributed by atoms with Crippen LogP contribution >= 0.6 is 0 Å². The Kier molecular flexibility index (Phi) is 14.2. The zero-order valence-electron chi connectivity index (χ0n) is 29.3. The fraction of sp³-hybridized carbons (Fsp3) is 0.457. The summed E-state index contributed by atoms with van der Waals surface area (Å²) in [6.07, 6.45) is -0.688. The number of likely N-dealkylation sites (N-methyl/N-ethyl adjacent to an activating group) is 2. The number of aryl methyl sites for hydroxylation is 2. The molecule has 0 radical (unpaired) electrons. The minimum atomic E-state index is -4.27. The topological polar surface area (TPSA) is 112 Å². The van der Waals surface area contributed by atoms with E-state index in [1.54, 1.807) is 19.2 Å². The molecule has 0 aromatic carbocycles. The number of H-pyrrole nitrogens is 1. The number of halogens is 3. The number of nitrogens with two attached hydrogens (primary N) is 1. The number of hydrogen-bond acceptors (Lipinski definition) is 6. The number of rotatable bonds is 10. The molecule has 0 aliphatic rings. The van der Waals surface area contributed by atoms with Crippen LogP contribution in [0, 0.1) is 20.8 Å². The molecule has 0 fully saturated rings. The van der Waals surface area contributed by atoms with Gasteiger partial charge in [-0.15, -0.1) is 0 Å². The third-order valence-electron chi connectivity index (χ3n) is 7.86. The minimum Gasteiger partial charge on any atom is -0.384 e. The van der Waals surface area contributed by atoms with E-state index in [4.69, 9.17) is 5.73 Å². The van der Waals surface area contributed by atoms with Crippen LogP contribution in [0.4, 0.5) is 19.0 Å². The maximum Gasteiger partial charge on any atom is 0.401 e. The lowest BCUT2D eigenvalue weighted by Crippen LogP contribution is -2.37. The molecule has 12 heteroatoms. The highest BCUT2D eigenvalue weighted by Crippen LogP contribution is 2.33. The van der Waals surface area contributed by atoms with Crippen molar-refractivity contribution >= 4 is 17.2 Å². The predicted octanol–water partition coefficient (Wildman–Crippen LogP) is 6.67.